The van der Waals surface area contributed by atoms with Gasteiger partial charge in [0.25, 0.3) is 5.91 Å². The first-order valence-corrected chi connectivity index (χ1v) is 8.74. The number of nitrogens with zero attached hydrogens (tertiary/aromatic N) is 2. The second-order valence-corrected chi connectivity index (χ2v) is 7.15. The van der Waals surface area contributed by atoms with Crippen LogP contribution < -0.4 is 15.3 Å². The van der Waals surface area contributed by atoms with Gasteiger partial charge in [0.15, 0.2) is 3.95 Å². The number of amides is 1. The Morgan fingerprint density at radius 1 is 1.23 bits per heavy atom. The van der Waals surface area contributed by atoms with Crippen molar-refractivity contribution in [2.24, 2.45) is 4.99 Å². The van der Waals surface area contributed by atoms with Crippen LogP contribution in [0.1, 0.15) is 4.88 Å². The molecule has 1 amide bonds. The first kappa shape index (κ1) is 16.6. The summed E-state index contributed by atoms with van der Waals surface area (Å²) in [6.45, 7) is 0. The zero-order valence-electron chi connectivity index (χ0n) is 13.4. The fourth-order valence-corrected chi connectivity index (χ4v) is 4.18. The van der Waals surface area contributed by atoms with E-state index in [9.17, 15) is 14.3 Å². The molecule has 0 aliphatic carbocycles. The Hall–Kier alpha value is -2.84. The molecule has 26 heavy (non-hydrogen) atoms. The molecule has 0 unspecified atom stereocenters. The lowest BCUT2D eigenvalue weighted by molar-refractivity contribution is -0.112. The summed E-state index contributed by atoms with van der Waals surface area (Å²) in [5, 5.41) is 11.5. The minimum Gasteiger partial charge on any atom is -0.497 e. The van der Waals surface area contributed by atoms with Crippen molar-refractivity contribution in [3.63, 3.8) is 0 Å². The van der Waals surface area contributed by atoms with Gasteiger partial charge in [0.1, 0.15) is 16.4 Å². The molecule has 2 heterocycles. The van der Waals surface area contributed by atoms with Crippen molar-refractivity contribution in [1.82, 2.24) is 4.57 Å². The standard InChI is InChI=1S/C18H11FN2O3S2/c1-24-11-5-3-10(4-6-11)21-17(23)15(26-18(21)25)14-12-8-9(19)2-7-13(12)20-16(14)22/h2-8,23H,1H3. The van der Waals surface area contributed by atoms with E-state index in [2.05, 4.69) is 4.99 Å². The highest BCUT2D eigenvalue weighted by atomic mass is 32.1. The van der Waals surface area contributed by atoms with Gasteiger partial charge in [0, 0.05) is 5.22 Å². The average Bonchev–Trinajstić information content (AvgIpc) is 3.10. The Balaban J connectivity index is 1.95. The van der Waals surface area contributed by atoms with Crippen molar-refractivity contribution in [3.8, 4) is 17.3 Å². The average molecular weight is 386 g/mol. The van der Waals surface area contributed by atoms with Gasteiger partial charge in [-0.25, -0.2) is 9.38 Å². The first-order chi connectivity index (χ1) is 12.5. The Labute approximate surface area is 156 Å². The number of rotatable bonds is 3. The van der Waals surface area contributed by atoms with Crippen LogP contribution in [0.2, 0.25) is 0 Å². The van der Waals surface area contributed by atoms with Crippen LogP contribution in [0.3, 0.4) is 0 Å². The third-order valence-corrected chi connectivity index (χ3v) is 5.39. The lowest BCUT2D eigenvalue weighted by Gasteiger charge is -2.06. The number of carbonyl (C=O) groups excluding carboxylic acids is 1. The lowest BCUT2D eigenvalue weighted by Crippen LogP contribution is -2.23. The molecule has 0 radical (unpaired) electrons. The Morgan fingerprint density at radius 2 is 1.96 bits per heavy atom. The van der Waals surface area contributed by atoms with Gasteiger partial charge in [0.2, 0.25) is 5.88 Å². The van der Waals surface area contributed by atoms with Crippen LogP contribution >= 0.6 is 23.6 Å². The minimum atomic E-state index is -0.529. The topological polar surface area (TPSA) is 63.8 Å². The van der Waals surface area contributed by atoms with Crippen molar-refractivity contribution >= 4 is 35.0 Å². The van der Waals surface area contributed by atoms with Crippen LogP contribution in [0.25, 0.3) is 11.3 Å². The van der Waals surface area contributed by atoms with Crippen molar-refractivity contribution < 1.29 is 19.0 Å². The van der Waals surface area contributed by atoms with E-state index in [1.807, 2.05) is 0 Å². The zero-order chi connectivity index (χ0) is 18.4. The number of thiazole rings is 1. The molecule has 3 aromatic rings. The van der Waals surface area contributed by atoms with E-state index in [1.54, 1.807) is 31.4 Å². The number of aromatic nitrogens is 1. The number of carbonyl (C=O) groups is 1. The SMILES string of the molecule is COc1ccc(-n2c(O)c(C3=c4cc(F)ccc4=NC3=O)sc2=S)cc1. The molecule has 0 saturated carbocycles. The van der Waals surface area contributed by atoms with E-state index >= 15 is 0 Å². The Bertz CT molecular complexity index is 1230. The fourth-order valence-electron chi connectivity index (χ4n) is 2.79. The molecule has 130 valence electrons. The molecule has 0 spiro atoms. The predicted molar refractivity (Wildman–Crippen MR) is 97.4 cm³/mol. The molecule has 4 rings (SSSR count). The Morgan fingerprint density at radius 3 is 2.65 bits per heavy atom. The van der Waals surface area contributed by atoms with E-state index in [0.29, 0.717) is 26.0 Å². The summed E-state index contributed by atoms with van der Waals surface area (Å²) in [5.41, 5.74) is 0.776. The second kappa shape index (κ2) is 6.15. The van der Waals surface area contributed by atoms with Gasteiger partial charge >= 0.3 is 0 Å². The molecule has 1 aromatic heterocycles. The minimum absolute atomic E-state index is 0.153. The molecule has 2 aromatic carbocycles. The summed E-state index contributed by atoms with van der Waals surface area (Å²) in [6.07, 6.45) is 0. The number of ether oxygens (including phenoxy) is 1. The summed E-state index contributed by atoms with van der Waals surface area (Å²) in [7, 11) is 1.56. The van der Waals surface area contributed by atoms with Crippen molar-refractivity contribution in [3.05, 3.63) is 67.7 Å². The smallest absolute Gasteiger partial charge is 0.279 e. The van der Waals surface area contributed by atoms with Gasteiger partial charge in [-0.1, -0.05) is 0 Å². The largest absolute Gasteiger partial charge is 0.497 e. The second-order valence-electron chi connectivity index (χ2n) is 5.51. The zero-order valence-corrected chi connectivity index (χ0v) is 15.0. The van der Waals surface area contributed by atoms with Gasteiger partial charge in [-0.3, -0.25) is 9.36 Å². The van der Waals surface area contributed by atoms with Gasteiger partial charge in [-0.15, -0.1) is 11.3 Å². The van der Waals surface area contributed by atoms with Crippen LogP contribution in [0.5, 0.6) is 11.6 Å². The summed E-state index contributed by atoms with van der Waals surface area (Å²) in [4.78, 5) is 16.5. The van der Waals surface area contributed by atoms with E-state index in [-0.39, 0.29) is 16.3 Å². The maximum atomic E-state index is 13.6. The van der Waals surface area contributed by atoms with Gasteiger partial charge in [-0.2, -0.15) is 0 Å². The van der Waals surface area contributed by atoms with Crippen LogP contribution in [0.15, 0.2) is 47.5 Å². The third-order valence-electron chi connectivity index (χ3n) is 4.01. The molecule has 8 heteroatoms. The highest BCUT2D eigenvalue weighted by Gasteiger charge is 2.26. The summed E-state index contributed by atoms with van der Waals surface area (Å²) < 4.78 is 20.6. The quantitative estimate of drug-likeness (QED) is 0.703. The molecular formula is C18H11FN2O3S2. The summed E-state index contributed by atoms with van der Waals surface area (Å²) in [6, 6.07) is 10.9. The van der Waals surface area contributed by atoms with Crippen molar-refractivity contribution in [1.29, 1.82) is 0 Å². The highest BCUT2D eigenvalue weighted by Crippen LogP contribution is 2.35. The molecule has 1 N–H and O–H groups in total. The van der Waals surface area contributed by atoms with Crippen molar-refractivity contribution in [2.75, 3.05) is 7.11 Å². The number of methoxy groups -OCH3 is 1. The normalized spacial score (nSPS) is 12.8. The van der Waals surface area contributed by atoms with Gasteiger partial charge in [-0.05, 0) is 54.7 Å². The first-order valence-electron chi connectivity index (χ1n) is 7.52. The van der Waals surface area contributed by atoms with E-state index < -0.39 is 11.7 Å². The van der Waals surface area contributed by atoms with Gasteiger partial charge < -0.3 is 9.84 Å². The molecule has 0 atom stereocenters. The van der Waals surface area contributed by atoms with Crippen LogP contribution in [-0.4, -0.2) is 22.7 Å². The van der Waals surface area contributed by atoms with Crippen LogP contribution in [0.4, 0.5) is 4.39 Å². The maximum Gasteiger partial charge on any atom is 0.279 e. The number of benzene rings is 2. The van der Waals surface area contributed by atoms with Crippen LogP contribution in [-0.2, 0) is 4.79 Å². The van der Waals surface area contributed by atoms with E-state index in [4.69, 9.17) is 17.0 Å². The molecule has 0 bridgehead atoms. The van der Waals surface area contributed by atoms with Crippen molar-refractivity contribution in [2.45, 2.75) is 0 Å². The van der Waals surface area contributed by atoms with E-state index in [1.165, 1.54) is 22.8 Å². The molecule has 1 aliphatic heterocycles. The fraction of sp³-hybridized carbons (Fsp3) is 0.0556. The molecule has 1 aliphatic rings. The van der Waals surface area contributed by atoms with Gasteiger partial charge in [0.05, 0.1) is 23.7 Å². The molecule has 0 fully saturated rings. The predicted octanol–water partition coefficient (Wildman–Crippen LogP) is 2.48. The molecule has 0 saturated heterocycles. The number of fused-ring (bicyclic) bond motifs is 1. The monoisotopic (exact) mass is 386 g/mol. The molecular weight excluding hydrogens is 375 g/mol. The molecule has 5 nitrogen and oxygen atoms in total. The Kier molecular flexibility index (Phi) is 3.93. The lowest BCUT2D eigenvalue weighted by atomic mass is 10.1. The number of hydrogen-bond acceptors (Lipinski definition) is 5. The number of aromatic hydroxyl groups is 1. The maximum absolute atomic E-state index is 13.6. The summed E-state index contributed by atoms with van der Waals surface area (Å²) in [5.74, 6) is -0.526. The highest BCUT2D eigenvalue weighted by molar-refractivity contribution is 7.73. The number of hydrogen-bond donors (Lipinski definition) is 1. The van der Waals surface area contributed by atoms with E-state index in [0.717, 1.165) is 11.3 Å². The van der Waals surface area contributed by atoms with Crippen LogP contribution in [0, 0.1) is 9.77 Å². The third kappa shape index (κ3) is 2.54. The summed E-state index contributed by atoms with van der Waals surface area (Å²) >= 11 is 6.44. The number of halogens is 1.